The molecule has 0 bridgehead atoms. The first-order valence-corrected chi connectivity index (χ1v) is 8.31. The smallest absolute Gasteiger partial charge is 0.221 e. The van der Waals surface area contributed by atoms with Crippen LogP contribution in [0.1, 0.15) is 47.0 Å². The van der Waals surface area contributed by atoms with Crippen LogP contribution in [0.2, 0.25) is 0 Å². The second-order valence-electron chi connectivity index (χ2n) is 5.85. The molecule has 6 nitrogen and oxygen atoms in total. The van der Waals surface area contributed by atoms with Crippen molar-refractivity contribution in [2.24, 2.45) is 10.9 Å². The van der Waals surface area contributed by atoms with Gasteiger partial charge < -0.3 is 20.7 Å². The van der Waals surface area contributed by atoms with Crippen LogP contribution in [-0.2, 0) is 9.53 Å². The molecule has 0 aliphatic carbocycles. The summed E-state index contributed by atoms with van der Waals surface area (Å²) in [4.78, 5) is 15.8. The summed E-state index contributed by atoms with van der Waals surface area (Å²) in [5, 5.41) is 9.23. The van der Waals surface area contributed by atoms with Crippen molar-refractivity contribution in [3.63, 3.8) is 0 Å². The Morgan fingerprint density at radius 1 is 1.13 bits per heavy atom. The predicted octanol–water partition coefficient (Wildman–Crippen LogP) is 2.14. The Morgan fingerprint density at radius 3 is 2.35 bits per heavy atom. The van der Waals surface area contributed by atoms with Gasteiger partial charge in [-0.15, -0.1) is 24.0 Å². The van der Waals surface area contributed by atoms with Gasteiger partial charge in [-0.3, -0.25) is 9.79 Å². The average molecular weight is 442 g/mol. The zero-order valence-corrected chi connectivity index (χ0v) is 17.6. The number of aliphatic imine (C=N–C) groups is 1. The Bertz CT molecular complexity index is 325. The number of carbonyl (C=O) groups is 1. The number of guanidine groups is 1. The molecule has 1 amide bonds. The van der Waals surface area contributed by atoms with Crippen molar-refractivity contribution in [1.29, 1.82) is 0 Å². The van der Waals surface area contributed by atoms with Gasteiger partial charge in [0.15, 0.2) is 5.96 Å². The second-order valence-corrected chi connectivity index (χ2v) is 5.85. The Kier molecular flexibility index (Phi) is 17.5. The van der Waals surface area contributed by atoms with Crippen LogP contribution in [0.4, 0.5) is 0 Å². The molecule has 0 radical (unpaired) electrons. The van der Waals surface area contributed by atoms with Gasteiger partial charge in [0.05, 0.1) is 6.61 Å². The summed E-state index contributed by atoms with van der Waals surface area (Å²) in [6.07, 6.45) is 2.47. The Hall–Kier alpha value is -0.570. The molecule has 0 spiro atoms. The standard InChI is InChI=1S/C16H34N4O2.HI/c1-6-14(4)20-15(21)7-9-18-16(17-5)19-10-12-22-11-8-13(2)3;/h13-14H,6-12H2,1-5H3,(H,20,21)(H2,17,18,19);1H. The van der Waals surface area contributed by atoms with Gasteiger partial charge in [0.1, 0.15) is 0 Å². The molecule has 138 valence electrons. The van der Waals surface area contributed by atoms with Crippen LogP contribution in [-0.4, -0.2) is 51.3 Å². The minimum Gasteiger partial charge on any atom is -0.380 e. The van der Waals surface area contributed by atoms with Crippen molar-refractivity contribution >= 4 is 35.8 Å². The van der Waals surface area contributed by atoms with E-state index in [9.17, 15) is 4.79 Å². The normalized spacial score (nSPS) is 12.5. The average Bonchev–Trinajstić information content (AvgIpc) is 2.48. The summed E-state index contributed by atoms with van der Waals surface area (Å²) in [6.45, 7) is 11.1. The highest BCUT2D eigenvalue weighted by Gasteiger charge is 2.05. The highest BCUT2D eigenvalue weighted by molar-refractivity contribution is 14.0. The van der Waals surface area contributed by atoms with Crippen molar-refractivity contribution in [2.75, 3.05) is 33.4 Å². The van der Waals surface area contributed by atoms with Gasteiger partial charge in [0.25, 0.3) is 0 Å². The number of halogens is 1. The SMILES string of the molecule is CCC(C)NC(=O)CCNC(=NC)NCCOCCC(C)C.I. The number of amides is 1. The van der Waals surface area contributed by atoms with Crippen molar-refractivity contribution in [3.05, 3.63) is 0 Å². The fraction of sp³-hybridized carbons (Fsp3) is 0.875. The van der Waals surface area contributed by atoms with Crippen LogP contribution in [0.5, 0.6) is 0 Å². The monoisotopic (exact) mass is 442 g/mol. The van der Waals surface area contributed by atoms with Crippen molar-refractivity contribution < 1.29 is 9.53 Å². The highest BCUT2D eigenvalue weighted by Crippen LogP contribution is 1.98. The molecule has 0 aliphatic rings. The minimum absolute atomic E-state index is 0. The highest BCUT2D eigenvalue weighted by atomic mass is 127. The molecule has 0 aromatic carbocycles. The molecule has 1 unspecified atom stereocenters. The van der Waals surface area contributed by atoms with Gasteiger partial charge in [0.2, 0.25) is 5.91 Å². The molecule has 0 fully saturated rings. The van der Waals surface area contributed by atoms with E-state index in [1.165, 1.54) is 0 Å². The molecule has 23 heavy (non-hydrogen) atoms. The Morgan fingerprint density at radius 2 is 1.78 bits per heavy atom. The molecule has 7 heteroatoms. The maximum atomic E-state index is 11.6. The zero-order chi connectivity index (χ0) is 16.8. The molecule has 0 aromatic heterocycles. The molecule has 0 saturated carbocycles. The van der Waals surface area contributed by atoms with Gasteiger partial charge in [-0.2, -0.15) is 0 Å². The second kappa shape index (κ2) is 16.3. The molecule has 0 saturated heterocycles. The van der Waals surface area contributed by atoms with Gasteiger partial charge in [0, 0.05) is 39.2 Å². The molecule has 1 atom stereocenters. The number of hydrogen-bond acceptors (Lipinski definition) is 3. The minimum atomic E-state index is 0. The van der Waals surface area contributed by atoms with Gasteiger partial charge >= 0.3 is 0 Å². The maximum absolute atomic E-state index is 11.6. The van der Waals surface area contributed by atoms with Crippen LogP contribution < -0.4 is 16.0 Å². The number of ether oxygens (including phenoxy) is 1. The van der Waals surface area contributed by atoms with Crippen LogP contribution in [0, 0.1) is 5.92 Å². The van der Waals surface area contributed by atoms with E-state index in [2.05, 4.69) is 41.7 Å². The lowest BCUT2D eigenvalue weighted by molar-refractivity contribution is -0.121. The third-order valence-electron chi connectivity index (χ3n) is 3.27. The molecule has 0 aliphatic heterocycles. The molecule has 0 aromatic rings. The largest absolute Gasteiger partial charge is 0.380 e. The topological polar surface area (TPSA) is 74.8 Å². The Balaban J connectivity index is 0. The van der Waals surface area contributed by atoms with Crippen LogP contribution >= 0.6 is 24.0 Å². The van der Waals surface area contributed by atoms with Gasteiger partial charge in [-0.1, -0.05) is 20.8 Å². The lowest BCUT2D eigenvalue weighted by Crippen LogP contribution is -2.41. The molecule has 3 N–H and O–H groups in total. The van der Waals surface area contributed by atoms with Crippen LogP contribution in [0.15, 0.2) is 4.99 Å². The summed E-state index contributed by atoms with van der Waals surface area (Å²) in [7, 11) is 1.72. The molecule has 0 heterocycles. The lowest BCUT2D eigenvalue weighted by Gasteiger charge is -2.14. The first-order valence-electron chi connectivity index (χ1n) is 8.31. The number of rotatable bonds is 11. The third-order valence-corrected chi connectivity index (χ3v) is 3.27. The van der Waals surface area contributed by atoms with E-state index in [1.807, 2.05) is 6.92 Å². The van der Waals surface area contributed by atoms with Crippen molar-refractivity contribution in [2.45, 2.75) is 53.0 Å². The van der Waals surface area contributed by atoms with Crippen LogP contribution in [0.3, 0.4) is 0 Å². The summed E-state index contributed by atoms with van der Waals surface area (Å²) >= 11 is 0. The van der Waals surface area contributed by atoms with E-state index < -0.39 is 0 Å². The lowest BCUT2D eigenvalue weighted by atomic mass is 10.1. The van der Waals surface area contributed by atoms with Crippen LogP contribution in [0.25, 0.3) is 0 Å². The van der Waals surface area contributed by atoms with Crippen molar-refractivity contribution in [3.8, 4) is 0 Å². The molecule has 0 rings (SSSR count). The van der Waals surface area contributed by atoms with E-state index in [4.69, 9.17) is 4.74 Å². The number of nitrogens with one attached hydrogen (secondary N) is 3. The number of nitrogens with zero attached hydrogens (tertiary/aromatic N) is 1. The summed E-state index contributed by atoms with van der Waals surface area (Å²) in [5.41, 5.74) is 0. The van der Waals surface area contributed by atoms with E-state index in [0.29, 0.717) is 38.0 Å². The fourth-order valence-corrected chi connectivity index (χ4v) is 1.63. The molecular weight excluding hydrogens is 407 g/mol. The van der Waals surface area contributed by atoms with E-state index in [-0.39, 0.29) is 35.9 Å². The van der Waals surface area contributed by atoms with Gasteiger partial charge in [-0.25, -0.2) is 0 Å². The number of hydrogen-bond donors (Lipinski definition) is 3. The summed E-state index contributed by atoms with van der Waals surface area (Å²) < 4.78 is 5.53. The third kappa shape index (κ3) is 16.1. The number of carbonyl (C=O) groups excluding carboxylic acids is 1. The van der Waals surface area contributed by atoms with Gasteiger partial charge in [-0.05, 0) is 25.7 Å². The van der Waals surface area contributed by atoms with Crippen molar-refractivity contribution in [1.82, 2.24) is 16.0 Å². The Labute approximate surface area is 158 Å². The van der Waals surface area contributed by atoms with E-state index in [0.717, 1.165) is 19.4 Å². The maximum Gasteiger partial charge on any atom is 0.221 e. The first kappa shape index (κ1) is 24.7. The first-order chi connectivity index (χ1) is 10.5. The quantitative estimate of drug-likeness (QED) is 0.198. The summed E-state index contributed by atoms with van der Waals surface area (Å²) in [5.74, 6) is 1.43. The van der Waals surface area contributed by atoms with E-state index >= 15 is 0 Å². The zero-order valence-electron chi connectivity index (χ0n) is 15.3. The molecular formula is C16H35IN4O2. The predicted molar refractivity (Wildman–Crippen MR) is 108 cm³/mol. The van der Waals surface area contributed by atoms with E-state index in [1.54, 1.807) is 7.05 Å². The fourth-order valence-electron chi connectivity index (χ4n) is 1.63. The summed E-state index contributed by atoms with van der Waals surface area (Å²) in [6, 6.07) is 0.230.